The molecule has 2 aliphatic rings. The van der Waals surface area contributed by atoms with E-state index in [2.05, 4.69) is 19.2 Å². The van der Waals surface area contributed by atoms with Crippen molar-refractivity contribution in [1.29, 1.82) is 0 Å². The summed E-state index contributed by atoms with van der Waals surface area (Å²) in [6.45, 7) is 7.32. The van der Waals surface area contributed by atoms with Crippen LogP contribution in [0.15, 0.2) is 0 Å². The molecule has 1 N–H and O–H groups in total. The summed E-state index contributed by atoms with van der Waals surface area (Å²) in [6.07, 6.45) is 6.28. The number of aryl methyl sites for hydroxylation is 1. The zero-order chi connectivity index (χ0) is 13.9. The van der Waals surface area contributed by atoms with E-state index in [9.17, 15) is 0 Å². The Morgan fingerprint density at radius 2 is 2.25 bits per heavy atom. The zero-order valence-corrected chi connectivity index (χ0v) is 13.5. The van der Waals surface area contributed by atoms with Gasteiger partial charge in [-0.2, -0.15) is 0 Å². The van der Waals surface area contributed by atoms with Gasteiger partial charge >= 0.3 is 0 Å². The van der Waals surface area contributed by atoms with Gasteiger partial charge in [-0.1, -0.05) is 13.8 Å². The fraction of sp³-hybridized carbons (Fsp3) is 0.812. The minimum absolute atomic E-state index is 0.554. The van der Waals surface area contributed by atoms with Crippen molar-refractivity contribution in [3.63, 3.8) is 0 Å². The Kier molecular flexibility index (Phi) is 4.74. The highest BCUT2D eigenvalue weighted by Crippen LogP contribution is 2.38. The lowest BCUT2D eigenvalue weighted by atomic mass is 9.90. The first kappa shape index (κ1) is 14.5. The summed E-state index contributed by atoms with van der Waals surface area (Å²) in [4.78, 5) is 6.58. The van der Waals surface area contributed by atoms with Gasteiger partial charge in [-0.15, -0.1) is 11.3 Å². The number of fused-ring (bicyclic) bond motifs is 1. The molecule has 112 valence electrons. The predicted molar refractivity (Wildman–Crippen MR) is 83.7 cm³/mol. The topological polar surface area (TPSA) is 34.1 Å². The van der Waals surface area contributed by atoms with Crippen molar-refractivity contribution in [2.75, 3.05) is 19.8 Å². The average Bonchev–Trinajstić information content (AvgIpc) is 2.90. The van der Waals surface area contributed by atoms with Gasteiger partial charge in [0.25, 0.3) is 0 Å². The number of hydrogen-bond donors (Lipinski definition) is 1. The first-order valence-electron chi connectivity index (χ1n) is 8.04. The van der Waals surface area contributed by atoms with Crippen molar-refractivity contribution in [3.05, 3.63) is 15.6 Å². The molecule has 3 nitrogen and oxygen atoms in total. The highest BCUT2D eigenvalue weighted by atomic mass is 32.1. The van der Waals surface area contributed by atoms with E-state index >= 15 is 0 Å². The van der Waals surface area contributed by atoms with E-state index in [-0.39, 0.29) is 0 Å². The van der Waals surface area contributed by atoms with Crippen LogP contribution >= 0.6 is 11.3 Å². The molecule has 1 aromatic rings. The average molecular weight is 294 g/mol. The number of nitrogens with zero attached hydrogens (tertiary/aromatic N) is 1. The molecule has 0 aromatic carbocycles. The fourth-order valence-corrected chi connectivity index (χ4v) is 4.53. The third-order valence-corrected chi connectivity index (χ3v) is 5.66. The molecule has 3 rings (SSSR count). The van der Waals surface area contributed by atoms with Gasteiger partial charge in [0.1, 0.15) is 0 Å². The van der Waals surface area contributed by atoms with Crippen LogP contribution in [0, 0.1) is 0 Å². The number of ether oxygens (including phenoxy) is 1. The molecular formula is C16H26N2OS. The Balaban J connectivity index is 1.73. The number of hydrogen-bond acceptors (Lipinski definition) is 4. The molecule has 4 heteroatoms. The largest absolute Gasteiger partial charge is 0.381 e. The van der Waals surface area contributed by atoms with Crippen molar-refractivity contribution in [1.82, 2.24) is 10.3 Å². The summed E-state index contributed by atoms with van der Waals surface area (Å²) in [5.74, 6) is 1.17. The van der Waals surface area contributed by atoms with Crippen LogP contribution in [-0.2, 0) is 11.2 Å². The standard InChI is InChI=1S/C16H26N2OS/c1-11(2)17-9-12-5-3-7-14-15(12)18-16(20-14)13-6-4-8-19-10-13/h11-13,17H,3-10H2,1-2H3. The molecule has 2 heterocycles. The number of thiazole rings is 1. The molecule has 0 saturated carbocycles. The smallest absolute Gasteiger partial charge is 0.0985 e. The van der Waals surface area contributed by atoms with E-state index < -0.39 is 0 Å². The van der Waals surface area contributed by atoms with Gasteiger partial charge in [0.15, 0.2) is 0 Å². The summed E-state index contributed by atoms with van der Waals surface area (Å²) >= 11 is 1.96. The van der Waals surface area contributed by atoms with Crippen LogP contribution in [0.4, 0.5) is 0 Å². The SMILES string of the molecule is CC(C)NCC1CCCc2sc(C3CCCOC3)nc21. The molecule has 0 bridgehead atoms. The van der Waals surface area contributed by atoms with Gasteiger partial charge in [-0.25, -0.2) is 4.98 Å². The second kappa shape index (κ2) is 6.54. The summed E-state index contributed by atoms with van der Waals surface area (Å²) in [5.41, 5.74) is 1.40. The van der Waals surface area contributed by atoms with Gasteiger partial charge in [0.05, 0.1) is 17.3 Å². The van der Waals surface area contributed by atoms with E-state index in [4.69, 9.17) is 9.72 Å². The molecule has 20 heavy (non-hydrogen) atoms. The Hall–Kier alpha value is -0.450. The second-order valence-corrected chi connectivity index (χ2v) is 7.54. The lowest BCUT2D eigenvalue weighted by molar-refractivity contribution is 0.0803. The minimum Gasteiger partial charge on any atom is -0.381 e. The Morgan fingerprint density at radius 3 is 3.00 bits per heavy atom. The van der Waals surface area contributed by atoms with Gasteiger partial charge in [-0.05, 0) is 32.1 Å². The van der Waals surface area contributed by atoms with E-state index in [1.807, 2.05) is 11.3 Å². The van der Waals surface area contributed by atoms with Crippen molar-refractivity contribution >= 4 is 11.3 Å². The lowest BCUT2D eigenvalue weighted by Crippen LogP contribution is -2.29. The molecule has 0 amide bonds. The first-order chi connectivity index (χ1) is 9.74. The van der Waals surface area contributed by atoms with Crippen LogP contribution < -0.4 is 5.32 Å². The summed E-state index contributed by atoms with van der Waals surface area (Å²) < 4.78 is 5.63. The van der Waals surface area contributed by atoms with Crippen molar-refractivity contribution in [3.8, 4) is 0 Å². The fourth-order valence-electron chi connectivity index (χ4n) is 3.21. The number of nitrogens with one attached hydrogen (secondary N) is 1. The highest BCUT2D eigenvalue weighted by molar-refractivity contribution is 7.11. The van der Waals surface area contributed by atoms with Crippen LogP contribution in [0.3, 0.4) is 0 Å². The molecule has 1 fully saturated rings. The highest BCUT2D eigenvalue weighted by Gasteiger charge is 2.27. The molecule has 0 radical (unpaired) electrons. The lowest BCUT2D eigenvalue weighted by Gasteiger charge is -2.22. The van der Waals surface area contributed by atoms with E-state index in [0.717, 1.165) is 19.8 Å². The van der Waals surface area contributed by atoms with E-state index in [0.29, 0.717) is 17.9 Å². The molecule has 1 saturated heterocycles. The maximum Gasteiger partial charge on any atom is 0.0985 e. The Labute approximate surface area is 126 Å². The number of aromatic nitrogens is 1. The van der Waals surface area contributed by atoms with E-state index in [1.54, 1.807) is 4.88 Å². The summed E-state index contributed by atoms with van der Waals surface area (Å²) in [7, 11) is 0. The molecule has 1 aliphatic carbocycles. The first-order valence-corrected chi connectivity index (χ1v) is 8.86. The normalized spacial score (nSPS) is 26.8. The van der Waals surface area contributed by atoms with Gasteiger partial charge < -0.3 is 10.1 Å². The maximum atomic E-state index is 5.63. The van der Waals surface area contributed by atoms with Gasteiger partial charge in [-0.3, -0.25) is 0 Å². The molecule has 1 aromatic heterocycles. The summed E-state index contributed by atoms with van der Waals surface area (Å²) in [5, 5.41) is 4.92. The third kappa shape index (κ3) is 3.23. The van der Waals surface area contributed by atoms with Crippen LogP contribution in [0.1, 0.15) is 66.9 Å². The zero-order valence-electron chi connectivity index (χ0n) is 12.7. The van der Waals surface area contributed by atoms with Crippen molar-refractivity contribution < 1.29 is 4.74 Å². The van der Waals surface area contributed by atoms with Crippen LogP contribution in [0.25, 0.3) is 0 Å². The van der Waals surface area contributed by atoms with Crippen LogP contribution in [-0.4, -0.2) is 30.8 Å². The van der Waals surface area contributed by atoms with Crippen LogP contribution in [0.5, 0.6) is 0 Å². The molecule has 0 spiro atoms. The molecule has 1 aliphatic heterocycles. The van der Waals surface area contributed by atoms with Gasteiger partial charge in [0.2, 0.25) is 0 Å². The Bertz CT molecular complexity index is 438. The molecule has 2 unspecified atom stereocenters. The van der Waals surface area contributed by atoms with E-state index in [1.165, 1.54) is 42.8 Å². The predicted octanol–water partition coefficient (Wildman–Crippen LogP) is 3.46. The van der Waals surface area contributed by atoms with Crippen molar-refractivity contribution in [2.24, 2.45) is 0 Å². The van der Waals surface area contributed by atoms with Crippen molar-refractivity contribution in [2.45, 2.75) is 63.8 Å². The quantitative estimate of drug-likeness (QED) is 0.923. The Morgan fingerprint density at radius 1 is 1.35 bits per heavy atom. The maximum absolute atomic E-state index is 5.63. The summed E-state index contributed by atoms with van der Waals surface area (Å²) in [6, 6.07) is 0.560. The minimum atomic E-state index is 0.554. The molecular weight excluding hydrogens is 268 g/mol. The second-order valence-electron chi connectivity index (χ2n) is 6.43. The van der Waals surface area contributed by atoms with Gasteiger partial charge in [0, 0.05) is 35.9 Å². The third-order valence-electron chi connectivity index (χ3n) is 4.37. The molecule has 2 atom stereocenters. The monoisotopic (exact) mass is 294 g/mol. The van der Waals surface area contributed by atoms with Crippen LogP contribution in [0.2, 0.25) is 0 Å². The number of rotatable bonds is 4.